The largest absolute Gasteiger partial charge is 0.504 e. The van der Waals surface area contributed by atoms with Crippen LogP contribution in [0, 0.1) is 0 Å². The maximum atomic E-state index is 9.91. The molecule has 0 aliphatic heterocycles. The van der Waals surface area contributed by atoms with Crippen LogP contribution in [0.1, 0.15) is 128 Å². The van der Waals surface area contributed by atoms with Crippen molar-refractivity contribution >= 4 is 0 Å². The van der Waals surface area contributed by atoms with Gasteiger partial charge in [0.25, 0.3) is 0 Å². The fourth-order valence-electron chi connectivity index (χ4n) is 4.03. The molecule has 0 amide bonds. The molecule has 1 aromatic rings. The third-order valence-corrected chi connectivity index (χ3v) is 5.90. The summed E-state index contributed by atoms with van der Waals surface area (Å²) in [4.78, 5) is 0. The first kappa shape index (κ1) is 24.9. The van der Waals surface area contributed by atoms with Crippen molar-refractivity contribution in [2.75, 3.05) is 0 Å². The molecule has 28 heavy (non-hydrogen) atoms. The van der Waals surface area contributed by atoms with Crippen LogP contribution in [0.15, 0.2) is 12.1 Å². The first-order valence-electron chi connectivity index (χ1n) is 12.2. The molecule has 0 radical (unpaired) electrons. The number of phenols is 2. The average Bonchev–Trinajstić information content (AvgIpc) is 2.69. The molecule has 0 spiro atoms. The lowest BCUT2D eigenvalue weighted by atomic mass is 9.95. The van der Waals surface area contributed by atoms with Crippen molar-refractivity contribution in [2.45, 2.75) is 129 Å². The van der Waals surface area contributed by atoms with E-state index >= 15 is 0 Å². The average molecular weight is 391 g/mol. The van der Waals surface area contributed by atoms with Crippen molar-refractivity contribution in [3.05, 3.63) is 23.3 Å². The summed E-state index contributed by atoms with van der Waals surface area (Å²) in [6.45, 7) is 4.52. The van der Waals surface area contributed by atoms with E-state index in [2.05, 4.69) is 13.8 Å². The Bertz CT molecular complexity index is 450. The quantitative estimate of drug-likeness (QED) is 0.195. The minimum atomic E-state index is 0.0363. The number of hydrogen-bond acceptors (Lipinski definition) is 2. The fraction of sp³-hybridized carbons (Fsp3) is 0.769. The predicted octanol–water partition coefficient (Wildman–Crippen LogP) is 8.46. The van der Waals surface area contributed by atoms with Gasteiger partial charge >= 0.3 is 0 Å². The van der Waals surface area contributed by atoms with Gasteiger partial charge in [0.15, 0.2) is 11.5 Å². The monoisotopic (exact) mass is 390 g/mol. The van der Waals surface area contributed by atoms with Gasteiger partial charge in [0.1, 0.15) is 0 Å². The Morgan fingerprint density at radius 3 is 1.07 bits per heavy atom. The van der Waals surface area contributed by atoms with Gasteiger partial charge in [-0.1, -0.05) is 104 Å². The molecule has 2 N–H and O–H groups in total. The van der Waals surface area contributed by atoms with E-state index in [0.717, 1.165) is 12.8 Å². The van der Waals surface area contributed by atoms with Crippen LogP contribution in [0.2, 0.25) is 0 Å². The maximum Gasteiger partial charge on any atom is 0.157 e. The Kier molecular flexibility index (Phi) is 14.9. The molecule has 2 heteroatoms. The molecule has 162 valence electrons. The van der Waals surface area contributed by atoms with Gasteiger partial charge in [-0.3, -0.25) is 0 Å². The Hall–Kier alpha value is -1.18. The Labute approximate surface area is 174 Å². The lowest BCUT2D eigenvalue weighted by Gasteiger charge is -2.12. The molecule has 0 fully saturated rings. The van der Waals surface area contributed by atoms with Crippen LogP contribution in [0.3, 0.4) is 0 Å². The molecule has 1 aromatic carbocycles. The van der Waals surface area contributed by atoms with Gasteiger partial charge in [0.05, 0.1) is 0 Å². The molecular weight excluding hydrogens is 344 g/mol. The van der Waals surface area contributed by atoms with Gasteiger partial charge in [-0.25, -0.2) is 0 Å². The summed E-state index contributed by atoms with van der Waals surface area (Å²) in [5.41, 5.74) is 2.48. The summed E-state index contributed by atoms with van der Waals surface area (Å²) in [6, 6.07) is 3.60. The molecule has 0 heterocycles. The number of aryl methyl sites for hydroxylation is 2. The normalized spacial score (nSPS) is 11.2. The van der Waals surface area contributed by atoms with Gasteiger partial charge in [-0.15, -0.1) is 0 Å². The summed E-state index contributed by atoms with van der Waals surface area (Å²) < 4.78 is 0. The number of rotatable bonds is 18. The third-order valence-electron chi connectivity index (χ3n) is 5.90. The number of unbranched alkanes of at least 4 members (excludes halogenated alkanes) is 14. The molecule has 0 unspecified atom stereocenters. The Balaban J connectivity index is 2.29. The highest BCUT2D eigenvalue weighted by molar-refractivity contribution is 5.45. The molecule has 0 saturated heterocycles. The van der Waals surface area contributed by atoms with Crippen LogP contribution in [-0.4, -0.2) is 10.2 Å². The molecule has 0 aromatic heterocycles. The number of aromatic hydroxyl groups is 2. The minimum Gasteiger partial charge on any atom is -0.504 e. The van der Waals surface area contributed by atoms with Crippen molar-refractivity contribution in [3.63, 3.8) is 0 Å². The highest BCUT2D eigenvalue weighted by Gasteiger charge is 2.09. The summed E-state index contributed by atoms with van der Waals surface area (Å²) in [5.74, 6) is 0.0727. The van der Waals surface area contributed by atoms with Crippen LogP contribution in [0.4, 0.5) is 0 Å². The summed E-state index contributed by atoms with van der Waals surface area (Å²) in [7, 11) is 0. The van der Waals surface area contributed by atoms with Crippen LogP contribution < -0.4 is 0 Å². The first-order valence-corrected chi connectivity index (χ1v) is 12.2. The second-order valence-corrected chi connectivity index (χ2v) is 8.56. The van der Waals surface area contributed by atoms with E-state index in [1.807, 2.05) is 0 Å². The minimum absolute atomic E-state index is 0.0363. The van der Waals surface area contributed by atoms with E-state index in [0.29, 0.717) is 0 Å². The van der Waals surface area contributed by atoms with Gasteiger partial charge < -0.3 is 10.2 Å². The summed E-state index contributed by atoms with van der Waals surface area (Å²) in [5, 5.41) is 19.8. The fourth-order valence-corrected chi connectivity index (χ4v) is 4.03. The highest BCUT2D eigenvalue weighted by atomic mass is 16.3. The topological polar surface area (TPSA) is 40.5 Å². The van der Waals surface area contributed by atoms with Crippen LogP contribution >= 0.6 is 0 Å². The molecule has 0 saturated carbocycles. The van der Waals surface area contributed by atoms with Crippen molar-refractivity contribution in [2.24, 2.45) is 0 Å². The number of phenolic OH excluding ortho intramolecular Hbond substituents is 2. The summed E-state index contributed by atoms with van der Waals surface area (Å²) >= 11 is 0. The Morgan fingerprint density at radius 1 is 0.464 bits per heavy atom. The zero-order chi connectivity index (χ0) is 20.5. The smallest absolute Gasteiger partial charge is 0.157 e. The van der Waals surface area contributed by atoms with Gasteiger partial charge in [-0.05, 0) is 48.9 Å². The molecular formula is C26H46O2. The number of benzene rings is 1. The second-order valence-electron chi connectivity index (χ2n) is 8.56. The van der Waals surface area contributed by atoms with E-state index in [1.54, 1.807) is 12.1 Å². The zero-order valence-electron chi connectivity index (χ0n) is 18.8. The molecule has 0 atom stereocenters. The first-order chi connectivity index (χ1) is 13.7. The van der Waals surface area contributed by atoms with Crippen molar-refractivity contribution < 1.29 is 10.2 Å². The molecule has 0 bridgehead atoms. The second kappa shape index (κ2) is 16.7. The van der Waals surface area contributed by atoms with E-state index in [4.69, 9.17) is 0 Å². The SMILES string of the molecule is CCCCCCCCCCc1cc(O)c(O)cc1CCCCCCCCCC. The molecule has 0 aliphatic carbocycles. The van der Waals surface area contributed by atoms with Gasteiger partial charge in [-0.2, -0.15) is 0 Å². The standard InChI is InChI=1S/C26H46O2/c1-3-5-7-9-11-13-15-17-19-23-21-25(27)26(28)22-24(23)20-18-16-14-12-10-8-6-4-2/h21-22,27-28H,3-20H2,1-2H3. The molecule has 0 aliphatic rings. The summed E-state index contributed by atoms with van der Waals surface area (Å²) in [6.07, 6.45) is 23.2. The lowest BCUT2D eigenvalue weighted by molar-refractivity contribution is 0.402. The zero-order valence-corrected chi connectivity index (χ0v) is 18.8. The van der Waals surface area contributed by atoms with Crippen molar-refractivity contribution in [3.8, 4) is 11.5 Å². The van der Waals surface area contributed by atoms with Crippen LogP contribution in [0.5, 0.6) is 11.5 Å². The van der Waals surface area contributed by atoms with Crippen LogP contribution in [0.25, 0.3) is 0 Å². The lowest BCUT2D eigenvalue weighted by Crippen LogP contribution is -1.96. The molecule has 1 rings (SSSR count). The molecule has 2 nitrogen and oxygen atoms in total. The van der Waals surface area contributed by atoms with Gasteiger partial charge in [0, 0.05) is 0 Å². The van der Waals surface area contributed by atoms with Crippen molar-refractivity contribution in [1.82, 2.24) is 0 Å². The van der Waals surface area contributed by atoms with E-state index in [-0.39, 0.29) is 11.5 Å². The third kappa shape index (κ3) is 11.6. The van der Waals surface area contributed by atoms with E-state index in [1.165, 1.54) is 114 Å². The Morgan fingerprint density at radius 2 is 0.750 bits per heavy atom. The highest BCUT2D eigenvalue weighted by Crippen LogP contribution is 2.30. The predicted molar refractivity (Wildman–Crippen MR) is 122 cm³/mol. The van der Waals surface area contributed by atoms with Gasteiger partial charge in [0.2, 0.25) is 0 Å². The van der Waals surface area contributed by atoms with E-state index in [9.17, 15) is 10.2 Å². The van der Waals surface area contributed by atoms with Crippen molar-refractivity contribution in [1.29, 1.82) is 0 Å². The van der Waals surface area contributed by atoms with E-state index < -0.39 is 0 Å². The number of hydrogen-bond donors (Lipinski definition) is 2. The maximum absolute atomic E-state index is 9.91. The van der Waals surface area contributed by atoms with Crippen LogP contribution in [-0.2, 0) is 12.8 Å².